The van der Waals surface area contributed by atoms with Gasteiger partial charge in [0.25, 0.3) is 0 Å². The number of carbonyl (C=O) groups excluding carboxylic acids is 3. The average molecular weight is 537 g/mol. The Hall–Kier alpha value is -3.38. The number of halogens is 1. The summed E-state index contributed by atoms with van der Waals surface area (Å²) in [6, 6.07) is 5.06. The van der Waals surface area contributed by atoms with Crippen molar-refractivity contribution in [1.82, 2.24) is 20.3 Å². The summed E-state index contributed by atoms with van der Waals surface area (Å²) in [6.45, 7) is 5.74. The number of aromatic nitrogens is 1. The maximum Gasteiger partial charge on any atom is 0.243 e. The highest BCUT2D eigenvalue weighted by Crippen LogP contribution is 2.15. The maximum absolute atomic E-state index is 13.3. The molecule has 2 rings (SSSR count). The van der Waals surface area contributed by atoms with Crippen LogP contribution < -0.4 is 20.1 Å². The number of ether oxygens (including phenoxy) is 1. The van der Waals surface area contributed by atoms with Crippen molar-refractivity contribution in [2.75, 3.05) is 13.2 Å². The summed E-state index contributed by atoms with van der Waals surface area (Å²) < 4.78 is 47.2. The Balaban J connectivity index is 2.28. The minimum atomic E-state index is -4.23. The molecule has 0 fully saturated rings. The molecule has 3 N–H and O–H groups in total. The predicted molar refractivity (Wildman–Crippen MR) is 135 cm³/mol. The van der Waals surface area contributed by atoms with Crippen molar-refractivity contribution in [2.45, 2.75) is 57.0 Å². The quantitative estimate of drug-likeness (QED) is 0.232. The van der Waals surface area contributed by atoms with E-state index in [1.165, 1.54) is 6.20 Å². The van der Waals surface area contributed by atoms with Gasteiger partial charge in [-0.15, -0.1) is 0 Å². The van der Waals surface area contributed by atoms with E-state index >= 15 is 0 Å². The van der Waals surface area contributed by atoms with E-state index in [-0.39, 0.29) is 23.8 Å². The number of carbonyl (C=O) groups is 3. The number of unbranched alkanes of at least 4 members (excludes halogenated alkanes) is 1. The van der Waals surface area contributed by atoms with Crippen LogP contribution in [0.1, 0.15) is 39.3 Å². The number of aldehydes is 1. The summed E-state index contributed by atoms with van der Waals surface area (Å²) >= 11 is 0. The lowest BCUT2D eigenvalue weighted by Gasteiger charge is -2.25. The van der Waals surface area contributed by atoms with Gasteiger partial charge in [-0.1, -0.05) is 27.2 Å². The van der Waals surface area contributed by atoms with Crippen LogP contribution in [0.3, 0.4) is 0 Å². The van der Waals surface area contributed by atoms with Gasteiger partial charge in [0.05, 0.1) is 24.2 Å². The summed E-state index contributed by atoms with van der Waals surface area (Å²) in [6.07, 6.45) is 3.71. The van der Waals surface area contributed by atoms with E-state index in [9.17, 15) is 27.2 Å². The number of sulfonamides is 1. The van der Waals surface area contributed by atoms with E-state index in [1.54, 1.807) is 26.0 Å². The van der Waals surface area contributed by atoms with Gasteiger partial charge in [0.1, 0.15) is 29.9 Å². The molecule has 202 valence electrons. The SMILES string of the molecule is CCCCOc1ccc(C[C@H](NS(=O)(=O)c2ccc(F)cc2)C(=O)N[C@H](C(=O)NCC=O)C(C)C)nc1. The second kappa shape index (κ2) is 14.4. The molecule has 0 spiro atoms. The third kappa shape index (κ3) is 9.54. The Labute approximate surface area is 216 Å². The monoisotopic (exact) mass is 536 g/mol. The highest BCUT2D eigenvalue weighted by atomic mass is 32.2. The van der Waals surface area contributed by atoms with Crippen LogP contribution in [0.5, 0.6) is 5.75 Å². The van der Waals surface area contributed by atoms with E-state index in [1.807, 2.05) is 6.92 Å². The standard InChI is InChI=1S/C25H33FN4O6S/c1-4-5-14-36-20-9-8-19(28-16-20)15-22(30-37(34,35)21-10-6-18(26)7-11-21)24(32)29-23(17(2)3)25(33)27-12-13-31/h6-11,13,16-17,22-23,30H,4-5,12,14-15H2,1-3H3,(H,27,33)(H,29,32)/t22-,23-/m0/s1. The summed E-state index contributed by atoms with van der Waals surface area (Å²) in [7, 11) is -4.23. The van der Waals surface area contributed by atoms with Crippen LogP contribution in [0.15, 0.2) is 47.5 Å². The first kappa shape index (κ1) is 29.8. The molecule has 2 atom stereocenters. The van der Waals surface area contributed by atoms with Gasteiger partial charge in [-0.25, -0.2) is 12.8 Å². The largest absolute Gasteiger partial charge is 0.492 e. The average Bonchev–Trinajstić information content (AvgIpc) is 2.86. The van der Waals surface area contributed by atoms with Gasteiger partial charge in [-0.2, -0.15) is 4.72 Å². The number of hydrogen-bond acceptors (Lipinski definition) is 7. The molecule has 1 heterocycles. The molecule has 1 aromatic heterocycles. The van der Waals surface area contributed by atoms with Crippen LogP contribution >= 0.6 is 0 Å². The zero-order chi connectivity index (χ0) is 27.4. The first-order valence-electron chi connectivity index (χ1n) is 11.9. The van der Waals surface area contributed by atoms with Gasteiger partial charge < -0.3 is 20.2 Å². The van der Waals surface area contributed by atoms with Crippen LogP contribution in [-0.2, 0) is 30.8 Å². The van der Waals surface area contributed by atoms with Gasteiger partial charge >= 0.3 is 0 Å². The number of amides is 2. The molecule has 2 amide bonds. The van der Waals surface area contributed by atoms with E-state index in [0.29, 0.717) is 24.3 Å². The molecule has 0 bridgehead atoms. The number of pyridine rings is 1. The van der Waals surface area contributed by atoms with Gasteiger partial charge in [-0.3, -0.25) is 14.6 Å². The summed E-state index contributed by atoms with van der Waals surface area (Å²) in [5.41, 5.74) is 0.399. The normalized spacial score (nSPS) is 13.0. The number of nitrogens with one attached hydrogen (secondary N) is 3. The Morgan fingerprint density at radius 1 is 1.11 bits per heavy atom. The minimum absolute atomic E-state index is 0.137. The molecule has 0 saturated heterocycles. The molecule has 0 aliphatic rings. The van der Waals surface area contributed by atoms with Crippen LogP contribution in [-0.4, -0.2) is 56.7 Å². The second-order valence-corrected chi connectivity index (χ2v) is 10.4. The Morgan fingerprint density at radius 2 is 1.81 bits per heavy atom. The molecule has 0 radical (unpaired) electrons. The third-order valence-electron chi connectivity index (χ3n) is 5.32. The molecular weight excluding hydrogens is 503 g/mol. The topological polar surface area (TPSA) is 144 Å². The molecule has 2 aromatic rings. The molecule has 0 unspecified atom stereocenters. The zero-order valence-electron chi connectivity index (χ0n) is 21.1. The van der Waals surface area contributed by atoms with E-state index in [0.717, 1.165) is 37.1 Å². The molecule has 1 aromatic carbocycles. The van der Waals surface area contributed by atoms with Crippen molar-refractivity contribution in [3.05, 3.63) is 54.1 Å². The number of nitrogens with zero attached hydrogens (tertiary/aromatic N) is 1. The Morgan fingerprint density at radius 3 is 2.38 bits per heavy atom. The highest BCUT2D eigenvalue weighted by molar-refractivity contribution is 7.89. The maximum atomic E-state index is 13.3. The molecule has 0 saturated carbocycles. The molecule has 12 heteroatoms. The third-order valence-corrected chi connectivity index (χ3v) is 6.81. The van der Waals surface area contributed by atoms with Crippen LogP contribution in [0.4, 0.5) is 4.39 Å². The molecule has 0 aliphatic carbocycles. The van der Waals surface area contributed by atoms with Gasteiger partial charge in [0.2, 0.25) is 21.8 Å². The molecule has 0 aliphatic heterocycles. The van der Waals surface area contributed by atoms with Crippen molar-refractivity contribution >= 4 is 28.1 Å². The summed E-state index contributed by atoms with van der Waals surface area (Å²) in [5, 5.41) is 4.96. The Bertz CT molecular complexity index is 1140. The van der Waals surface area contributed by atoms with Gasteiger partial charge in [-0.05, 0) is 48.7 Å². The van der Waals surface area contributed by atoms with E-state index < -0.39 is 39.7 Å². The van der Waals surface area contributed by atoms with Crippen LogP contribution in [0.25, 0.3) is 0 Å². The van der Waals surface area contributed by atoms with Crippen molar-refractivity contribution < 1.29 is 31.9 Å². The fourth-order valence-electron chi connectivity index (χ4n) is 3.26. The summed E-state index contributed by atoms with van der Waals surface area (Å²) in [4.78, 5) is 40.4. The van der Waals surface area contributed by atoms with Crippen molar-refractivity contribution in [2.24, 2.45) is 5.92 Å². The zero-order valence-corrected chi connectivity index (χ0v) is 21.9. The Kier molecular flexibility index (Phi) is 11.6. The van der Waals surface area contributed by atoms with Gasteiger partial charge in [0, 0.05) is 12.1 Å². The van der Waals surface area contributed by atoms with Crippen LogP contribution in [0, 0.1) is 11.7 Å². The fourth-order valence-corrected chi connectivity index (χ4v) is 4.45. The fraction of sp³-hybridized carbons (Fsp3) is 0.440. The van der Waals surface area contributed by atoms with Crippen molar-refractivity contribution in [1.29, 1.82) is 0 Å². The number of benzene rings is 1. The number of rotatable bonds is 15. The predicted octanol–water partition coefficient (Wildman–Crippen LogP) is 1.75. The number of hydrogen-bond donors (Lipinski definition) is 3. The lowest BCUT2D eigenvalue weighted by atomic mass is 10.0. The summed E-state index contributed by atoms with van der Waals surface area (Å²) in [5.74, 6) is -1.78. The van der Waals surface area contributed by atoms with Crippen LogP contribution in [0.2, 0.25) is 0 Å². The van der Waals surface area contributed by atoms with E-state index in [4.69, 9.17) is 4.74 Å². The van der Waals surface area contributed by atoms with Gasteiger partial charge in [0.15, 0.2) is 0 Å². The molecule has 10 nitrogen and oxygen atoms in total. The minimum Gasteiger partial charge on any atom is -0.492 e. The second-order valence-electron chi connectivity index (χ2n) is 8.66. The van der Waals surface area contributed by atoms with Crippen molar-refractivity contribution in [3.8, 4) is 5.75 Å². The first-order valence-corrected chi connectivity index (χ1v) is 13.4. The molecule has 37 heavy (non-hydrogen) atoms. The van der Waals surface area contributed by atoms with Crippen molar-refractivity contribution in [3.63, 3.8) is 0 Å². The molecular formula is C25H33FN4O6S. The lowest BCUT2D eigenvalue weighted by Crippen LogP contribution is -2.56. The van der Waals surface area contributed by atoms with E-state index in [2.05, 4.69) is 20.3 Å². The lowest BCUT2D eigenvalue weighted by molar-refractivity contribution is -0.131. The first-order chi connectivity index (χ1) is 17.6. The highest BCUT2D eigenvalue weighted by Gasteiger charge is 2.31. The smallest absolute Gasteiger partial charge is 0.243 e.